The van der Waals surface area contributed by atoms with Crippen molar-refractivity contribution in [1.82, 2.24) is 5.32 Å². The molecule has 1 aliphatic rings. The third kappa shape index (κ3) is 3.29. The first kappa shape index (κ1) is 11.5. The first-order valence-corrected chi connectivity index (χ1v) is 5.50. The van der Waals surface area contributed by atoms with Crippen LogP contribution in [0.1, 0.15) is 46.5 Å². The van der Waals surface area contributed by atoms with Crippen LogP contribution in [0.2, 0.25) is 0 Å². The fraction of sp³-hybridized carbons (Fsp3) is 0.909. The third-order valence-electron chi connectivity index (χ3n) is 2.96. The molecule has 1 aliphatic carbocycles. The fourth-order valence-electron chi connectivity index (χ4n) is 1.68. The van der Waals surface area contributed by atoms with Crippen LogP contribution in [-0.2, 0) is 4.79 Å². The number of carbonyl (C=O) groups excluding carboxylic acids is 1. The van der Waals surface area contributed by atoms with Crippen molar-refractivity contribution >= 4 is 5.91 Å². The van der Waals surface area contributed by atoms with Gasteiger partial charge in [-0.25, -0.2) is 0 Å². The van der Waals surface area contributed by atoms with Crippen molar-refractivity contribution in [1.29, 1.82) is 0 Å². The maximum atomic E-state index is 11.5. The van der Waals surface area contributed by atoms with Crippen LogP contribution in [0.4, 0.5) is 0 Å². The van der Waals surface area contributed by atoms with E-state index in [0.717, 1.165) is 19.3 Å². The Kier molecular flexibility index (Phi) is 3.53. The highest BCUT2D eigenvalue weighted by Crippen LogP contribution is 2.44. The van der Waals surface area contributed by atoms with Gasteiger partial charge < -0.3 is 11.1 Å². The van der Waals surface area contributed by atoms with Gasteiger partial charge in [0.15, 0.2) is 0 Å². The zero-order valence-corrected chi connectivity index (χ0v) is 9.47. The van der Waals surface area contributed by atoms with Crippen molar-refractivity contribution in [3.05, 3.63) is 0 Å². The summed E-state index contributed by atoms with van der Waals surface area (Å²) >= 11 is 0. The molecular weight excluding hydrogens is 176 g/mol. The summed E-state index contributed by atoms with van der Waals surface area (Å²) in [6.07, 6.45) is 3.55. The number of hydrogen-bond acceptors (Lipinski definition) is 2. The maximum absolute atomic E-state index is 11.5. The van der Waals surface area contributed by atoms with Crippen molar-refractivity contribution in [3.8, 4) is 0 Å². The second kappa shape index (κ2) is 4.30. The highest BCUT2D eigenvalue weighted by Gasteiger charge is 2.46. The molecule has 14 heavy (non-hydrogen) atoms. The van der Waals surface area contributed by atoms with Gasteiger partial charge in [-0.05, 0) is 18.3 Å². The molecule has 0 bridgehead atoms. The molecule has 0 saturated heterocycles. The summed E-state index contributed by atoms with van der Waals surface area (Å²) in [5, 5.41) is 3.01. The minimum Gasteiger partial charge on any atom is -0.353 e. The first-order chi connectivity index (χ1) is 6.45. The summed E-state index contributed by atoms with van der Waals surface area (Å²) in [5.41, 5.74) is 6.10. The molecule has 82 valence electrons. The van der Waals surface area contributed by atoms with Gasteiger partial charge in [-0.15, -0.1) is 0 Å². The molecule has 3 N–H and O–H groups in total. The van der Waals surface area contributed by atoms with Crippen LogP contribution in [0.5, 0.6) is 0 Å². The van der Waals surface area contributed by atoms with Gasteiger partial charge in [0.25, 0.3) is 0 Å². The molecular formula is C11H22N2O. The number of carbonyl (C=O) groups is 1. The molecule has 0 aromatic carbocycles. The number of nitrogens with two attached hydrogens (primary N) is 1. The van der Waals surface area contributed by atoms with Gasteiger partial charge in [-0.3, -0.25) is 4.79 Å². The second-order valence-electron chi connectivity index (χ2n) is 5.07. The molecule has 1 fully saturated rings. The van der Waals surface area contributed by atoms with Crippen LogP contribution in [-0.4, -0.2) is 18.0 Å². The zero-order valence-electron chi connectivity index (χ0n) is 9.47. The fourth-order valence-corrected chi connectivity index (χ4v) is 1.68. The van der Waals surface area contributed by atoms with Crippen LogP contribution in [0.15, 0.2) is 0 Å². The lowest BCUT2D eigenvalue weighted by Crippen LogP contribution is -2.34. The van der Waals surface area contributed by atoms with E-state index in [2.05, 4.69) is 26.1 Å². The Hall–Kier alpha value is -0.570. The van der Waals surface area contributed by atoms with E-state index in [1.165, 1.54) is 0 Å². The molecule has 3 heteroatoms. The minimum atomic E-state index is 0.0295. The number of amides is 1. The maximum Gasteiger partial charge on any atom is 0.221 e. The standard InChI is InChI=1S/C11H22N2O/c1-4-5-8(12)6-10(14)13-9-7-11(9,2)3/h8-9H,4-7,12H2,1-3H3,(H,13,14). The van der Waals surface area contributed by atoms with Gasteiger partial charge in [0.1, 0.15) is 0 Å². The molecule has 2 atom stereocenters. The summed E-state index contributed by atoms with van der Waals surface area (Å²) in [6.45, 7) is 6.43. The van der Waals surface area contributed by atoms with E-state index >= 15 is 0 Å². The van der Waals surface area contributed by atoms with E-state index in [0.29, 0.717) is 17.9 Å². The molecule has 0 aromatic rings. The normalized spacial score (nSPS) is 25.6. The summed E-state index contributed by atoms with van der Waals surface area (Å²) in [5.74, 6) is 0.113. The van der Waals surface area contributed by atoms with Gasteiger partial charge in [-0.1, -0.05) is 27.2 Å². The predicted molar refractivity (Wildman–Crippen MR) is 57.8 cm³/mol. The third-order valence-corrected chi connectivity index (χ3v) is 2.96. The Balaban J connectivity index is 2.17. The molecule has 0 spiro atoms. The topological polar surface area (TPSA) is 55.1 Å². The molecule has 0 heterocycles. The lowest BCUT2D eigenvalue weighted by molar-refractivity contribution is -0.121. The predicted octanol–water partition coefficient (Wildman–Crippen LogP) is 1.42. The molecule has 2 unspecified atom stereocenters. The molecule has 1 saturated carbocycles. The molecule has 0 aliphatic heterocycles. The molecule has 0 aromatic heterocycles. The minimum absolute atomic E-state index is 0.0295. The Morgan fingerprint density at radius 3 is 2.64 bits per heavy atom. The van der Waals surface area contributed by atoms with Crippen molar-refractivity contribution in [3.63, 3.8) is 0 Å². The Morgan fingerprint density at radius 2 is 2.21 bits per heavy atom. The average molecular weight is 198 g/mol. The van der Waals surface area contributed by atoms with E-state index in [4.69, 9.17) is 5.73 Å². The van der Waals surface area contributed by atoms with E-state index in [1.807, 2.05) is 0 Å². The number of hydrogen-bond donors (Lipinski definition) is 2. The van der Waals surface area contributed by atoms with Crippen LogP contribution in [0.3, 0.4) is 0 Å². The lowest BCUT2D eigenvalue weighted by Gasteiger charge is -2.11. The van der Waals surface area contributed by atoms with Crippen LogP contribution >= 0.6 is 0 Å². The molecule has 3 nitrogen and oxygen atoms in total. The highest BCUT2D eigenvalue weighted by molar-refractivity contribution is 5.77. The number of nitrogens with one attached hydrogen (secondary N) is 1. The molecule has 0 radical (unpaired) electrons. The molecule has 1 amide bonds. The molecule has 1 rings (SSSR count). The smallest absolute Gasteiger partial charge is 0.221 e. The zero-order chi connectivity index (χ0) is 10.8. The largest absolute Gasteiger partial charge is 0.353 e. The van der Waals surface area contributed by atoms with Gasteiger partial charge in [0.2, 0.25) is 5.91 Å². The second-order valence-corrected chi connectivity index (χ2v) is 5.07. The Bertz CT molecular complexity index is 213. The van der Waals surface area contributed by atoms with E-state index in [-0.39, 0.29) is 11.9 Å². The van der Waals surface area contributed by atoms with E-state index < -0.39 is 0 Å². The van der Waals surface area contributed by atoms with E-state index in [9.17, 15) is 4.79 Å². The number of rotatable bonds is 5. The first-order valence-electron chi connectivity index (χ1n) is 5.50. The summed E-state index contributed by atoms with van der Waals surface area (Å²) < 4.78 is 0. The lowest BCUT2D eigenvalue weighted by atomic mass is 10.1. The highest BCUT2D eigenvalue weighted by atomic mass is 16.1. The van der Waals surface area contributed by atoms with Gasteiger partial charge in [0, 0.05) is 18.5 Å². The van der Waals surface area contributed by atoms with Crippen molar-refractivity contribution in [2.24, 2.45) is 11.1 Å². The van der Waals surface area contributed by atoms with Crippen molar-refractivity contribution < 1.29 is 4.79 Å². The average Bonchev–Trinajstić information content (AvgIpc) is 2.57. The monoisotopic (exact) mass is 198 g/mol. The van der Waals surface area contributed by atoms with Gasteiger partial charge in [0.05, 0.1) is 0 Å². The van der Waals surface area contributed by atoms with Crippen LogP contribution < -0.4 is 11.1 Å². The van der Waals surface area contributed by atoms with Gasteiger partial charge >= 0.3 is 0 Å². The Labute approximate surface area is 86.4 Å². The van der Waals surface area contributed by atoms with Crippen molar-refractivity contribution in [2.45, 2.75) is 58.5 Å². The van der Waals surface area contributed by atoms with Crippen LogP contribution in [0.25, 0.3) is 0 Å². The summed E-state index contributed by atoms with van der Waals surface area (Å²) in [7, 11) is 0. The van der Waals surface area contributed by atoms with Gasteiger partial charge in [-0.2, -0.15) is 0 Å². The summed E-state index contributed by atoms with van der Waals surface area (Å²) in [4.78, 5) is 11.5. The SMILES string of the molecule is CCCC(N)CC(=O)NC1CC1(C)C. The van der Waals surface area contributed by atoms with Crippen molar-refractivity contribution in [2.75, 3.05) is 0 Å². The van der Waals surface area contributed by atoms with Crippen LogP contribution in [0, 0.1) is 5.41 Å². The Morgan fingerprint density at radius 1 is 1.64 bits per heavy atom. The van der Waals surface area contributed by atoms with E-state index in [1.54, 1.807) is 0 Å². The summed E-state index contributed by atoms with van der Waals surface area (Å²) in [6, 6.07) is 0.408. The quantitative estimate of drug-likeness (QED) is 0.702.